The Labute approximate surface area is 137 Å². The maximum atomic E-state index is 6.06. The summed E-state index contributed by atoms with van der Waals surface area (Å²) in [5, 5.41) is 0. The first-order chi connectivity index (χ1) is 10.3. The molecule has 3 heteroatoms. The highest BCUT2D eigenvalue weighted by atomic mass is 35.5. The van der Waals surface area contributed by atoms with Gasteiger partial charge in [-0.25, -0.2) is 0 Å². The number of likely N-dealkylation sites (N-methyl/N-ethyl adjacent to an activating group) is 1. The van der Waals surface area contributed by atoms with E-state index in [0.717, 1.165) is 29.2 Å². The van der Waals surface area contributed by atoms with E-state index >= 15 is 0 Å². The van der Waals surface area contributed by atoms with Crippen molar-refractivity contribution in [2.75, 3.05) is 20.1 Å². The Kier molecular flexibility index (Phi) is 5.27. The van der Waals surface area contributed by atoms with Gasteiger partial charge in [-0.15, -0.1) is 18.8 Å². The van der Waals surface area contributed by atoms with Crippen molar-refractivity contribution in [1.29, 1.82) is 0 Å². The van der Waals surface area contributed by atoms with Crippen LogP contribution in [-0.4, -0.2) is 25.0 Å². The van der Waals surface area contributed by atoms with Crippen LogP contribution in [0.1, 0.15) is 11.1 Å². The van der Waals surface area contributed by atoms with Gasteiger partial charge in [0, 0.05) is 17.7 Å². The van der Waals surface area contributed by atoms with E-state index in [4.69, 9.17) is 11.2 Å². The summed E-state index contributed by atoms with van der Waals surface area (Å²) in [7, 11) is 2.03. The summed E-state index contributed by atoms with van der Waals surface area (Å²) in [5.41, 5.74) is 3.43. The lowest BCUT2D eigenvalue weighted by molar-refractivity contribution is 0.425. The van der Waals surface area contributed by atoms with Crippen LogP contribution in [0.2, 0.25) is 0 Å². The first-order valence-corrected chi connectivity index (χ1v) is 6.97. The summed E-state index contributed by atoms with van der Waals surface area (Å²) < 4.78 is 6.06. The molecule has 2 aromatic carbocycles. The molecule has 2 nitrogen and oxygen atoms in total. The van der Waals surface area contributed by atoms with E-state index in [9.17, 15) is 0 Å². The Morgan fingerprint density at radius 1 is 1.05 bits per heavy atom. The van der Waals surface area contributed by atoms with Crippen molar-refractivity contribution in [2.45, 2.75) is 0 Å². The standard InChI is InChI=1S/C19H17NO.ClH/c1-3-12-20(2)14-16-13-15-8-4-6-10-18(15)21-19-11-7-5-9-17(16)19;/h1,4-11,13H,12,14H2,2H3;1H. The highest BCUT2D eigenvalue weighted by Gasteiger charge is 2.16. The van der Waals surface area contributed by atoms with E-state index in [1.54, 1.807) is 0 Å². The molecule has 2 aromatic rings. The lowest BCUT2D eigenvalue weighted by Gasteiger charge is -2.17. The van der Waals surface area contributed by atoms with Crippen LogP contribution < -0.4 is 4.74 Å². The van der Waals surface area contributed by atoms with Gasteiger partial charge in [-0.3, -0.25) is 4.90 Å². The van der Waals surface area contributed by atoms with Crippen molar-refractivity contribution in [3.63, 3.8) is 0 Å². The number of para-hydroxylation sites is 2. The monoisotopic (exact) mass is 311 g/mol. The third kappa shape index (κ3) is 3.33. The molecule has 0 fully saturated rings. The van der Waals surface area contributed by atoms with Gasteiger partial charge >= 0.3 is 0 Å². The molecule has 3 rings (SSSR count). The van der Waals surface area contributed by atoms with Crippen molar-refractivity contribution < 1.29 is 4.74 Å². The maximum absolute atomic E-state index is 6.06. The van der Waals surface area contributed by atoms with Crippen LogP contribution in [0.3, 0.4) is 0 Å². The van der Waals surface area contributed by atoms with Crippen LogP contribution >= 0.6 is 12.4 Å². The molecule has 0 saturated carbocycles. The van der Waals surface area contributed by atoms with Crippen LogP contribution in [0.4, 0.5) is 0 Å². The lowest BCUT2D eigenvalue weighted by atomic mass is 10.0. The second-order valence-electron chi connectivity index (χ2n) is 5.18. The SMILES string of the molecule is C#CCN(C)CC1=Cc2ccccc2Oc2ccccc21.Cl. The van der Waals surface area contributed by atoms with E-state index in [0.29, 0.717) is 6.54 Å². The summed E-state index contributed by atoms with van der Waals surface area (Å²) in [5.74, 6) is 4.46. The van der Waals surface area contributed by atoms with Crippen molar-refractivity contribution in [1.82, 2.24) is 4.90 Å². The minimum Gasteiger partial charge on any atom is -0.456 e. The molecule has 0 bridgehead atoms. The number of rotatable bonds is 3. The van der Waals surface area contributed by atoms with Crippen LogP contribution in [0.15, 0.2) is 48.5 Å². The molecule has 0 aliphatic carbocycles. The van der Waals surface area contributed by atoms with Crippen molar-refractivity contribution >= 4 is 24.1 Å². The molecule has 112 valence electrons. The second kappa shape index (κ2) is 7.17. The molecular formula is C19H18ClNO. The predicted molar refractivity (Wildman–Crippen MR) is 94.4 cm³/mol. The molecule has 1 aliphatic heterocycles. The van der Waals surface area contributed by atoms with E-state index in [1.807, 2.05) is 43.4 Å². The zero-order valence-corrected chi connectivity index (χ0v) is 13.3. The fraction of sp³-hybridized carbons (Fsp3) is 0.158. The van der Waals surface area contributed by atoms with Gasteiger partial charge in [0.15, 0.2) is 0 Å². The van der Waals surface area contributed by atoms with Gasteiger partial charge in [0.05, 0.1) is 6.54 Å². The van der Waals surface area contributed by atoms with Crippen molar-refractivity contribution in [3.05, 3.63) is 59.7 Å². The topological polar surface area (TPSA) is 12.5 Å². The third-order valence-corrected chi connectivity index (χ3v) is 3.50. The fourth-order valence-electron chi connectivity index (χ4n) is 2.53. The molecule has 0 saturated heterocycles. The number of ether oxygens (including phenoxy) is 1. The molecule has 0 aromatic heterocycles. The molecular weight excluding hydrogens is 294 g/mol. The van der Waals surface area contributed by atoms with E-state index in [1.165, 1.54) is 5.57 Å². The minimum atomic E-state index is 0. The summed E-state index contributed by atoms with van der Waals surface area (Å²) in [6, 6.07) is 16.2. The Bertz CT molecular complexity index is 730. The summed E-state index contributed by atoms with van der Waals surface area (Å²) in [6.07, 6.45) is 7.59. The Hall–Kier alpha value is -2.21. The molecule has 1 heterocycles. The van der Waals surface area contributed by atoms with Crippen LogP contribution in [-0.2, 0) is 0 Å². The molecule has 0 radical (unpaired) electrons. The van der Waals surface area contributed by atoms with E-state index in [2.05, 4.69) is 29.0 Å². The Morgan fingerprint density at radius 3 is 2.50 bits per heavy atom. The fourth-order valence-corrected chi connectivity index (χ4v) is 2.53. The van der Waals surface area contributed by atoms with Crippen molar-refractivity contribution in [2.24, 2.45) is 0 Å². The smallest absolute Gasteiger partial charge is 0.135 e. The van der Waals surface area contributed by atoms with Gasteiger partial charge in [0.1, 0.15) is 11.5 Å². The molecule has 0 unspecified atom stereocenters. The molecule has 0 spiro atoms. The summed E-state index contributed by atoms with van der Waals surface area (Å²) >= 11 is 0. The minimum absolute atomic E-state index is 0. The normalized spacial score (nSPS) is 12.0. The predicted octanol–water partition coefficient (Wildman–Crippen LogP) is 4.32. The van der Waals surface area contributed by atoms with Crippen LogP contribution in [0.25, 0.3) is 11.6 Å². The number of fused-ring (bicyclic) bond motifs is 2. The maximum Gasteiger partial charge on any atom is 0.135 e. The molecule has 0 amide bonds. The quantitative estimate of drug-likeness (QED) is 0.783. The van der Waals surface area contributed by atoms with Gasteiger partial charge in [-0.1, -0.05) is 42.3 Å². The molecule has 0 N–H and O–H groups in total. The largest absolute Gasteiger partial charge is 0.456 e. The van der Waals surface area contributed by atoms with Gasteiger partial charge in [-0.2, -0.15) is 0 Å². The van der Waals surface area contributed by atoms with E-state index < -0.39 is 0 Å². The number of hydrogen-bond donors (Lipinski definition) is 0. The summed E-state index contributed by atoms with van der Waals surface area (Å²) in [6.45, 7) is 1.42. The number of nitrogens with zero attached hydrogens (tertiary/aromatic N) is 1. The number of halogens is 1. The van der Waals surface area contributed by atoms with Gasteiger partial charge in [0.25, 0.3) is 0 Å². The van der Waals surface area contributed by atoms with Crippen LogP contribution in [0.5, 0.6) is 11.5 Å². The van der Waals surface area contributed by atoms with Gasteiger partial charge in [-0.05, 0) is 30.8 Å². The highest BCUT2D eigenvalue weighted by molar-refractivity contribution is 5.88. The molecule has 22 heavy (non-hydrogen) atoms. The summed E-state index contributed by atoms with van der Waals surface area (Å²) in [4.78, 5) is 2.12. The number of terminal acetylenes is 1. The Morgan fingerprint density at radius 2 is 1.73 bits per heavy atom. The number of hydrogen-bond acceptors (Lipinski definition) is 2. The zero-order valence-electron chi connectivity index (χ0n) is 12.5. The number of benzene rings is 2. The zero-order chi connectivity index (χ0) is 14.7. The second-order valence-corrected chi connectivity index (χ2v) is 5.18. The first-order valence-electron chi connectivity index (χ1n) is 6.97. The lowest BCUT2D eigenvalue weighted by Crippen LogP contribution is -2.20. The van der Waals surface area contributed by atoms with Crippen molar-refractivity contribution in [3.8, 4) is 23.8 Å². The third-order valence-electron chi connectivity index (χ3n) is 3.50. The first kappa shape index (κ1) is 16.2. The molecule has 0 atom stereocenters. The molecule has 1 aliphatic rings. The van der Waals surface area contributed by atoms with Gasteiger partial charge < -0.3 is 4.74 Å². The van der Waals surface area contributed by atoms with Gasteiger partial charge in [0.2, 0.25) is 0 Å². The highest BCUT2D eigenvalue weighted by Crippen LogP contribution is 2.37. The van der Waals surface area contributed by atoms with E-state index in [-0.39, 0.29) is 12.4 Å². The average Bonchev–Trinajstić information content (AvgIpc) is 2.64. The average molecular weight is 312 g/mol. The van der Waals surface area contributed by atoms with Crippen LogP contribution in [0, 0.1) is 12.3 Å². The Balaban J connectivity index is 0.00000176.